The molecule has 2 aliphatic rings. The molecule has 1 aliphatic heterocycles. The minimum Gasteiger partial charge on any atom is -0.463 e. The summed E-state index contributed by atoms with van der Waals surface area (Å²) in [6.45, 7) is 5.87. The SMILES string of the molecule is CC(=O)OCC1O[C@H](SC2CCCCC2)C(OC(C)=O)C(C)[C@H]1OC(C)=O. The summed E-state index contributed by atoms with van der Waals surface area (Å²) < 4.78 is 22.3. The Hall–Kier alpha value is -1.28. The second-order valence-electron chi connectivity index (χ2n) is 7.25. The van der Waals surface area contributed by atoms with Crippen molar-refractivity contribution in [3.05, 3.63) is 0 Å². The predicted octanol–water partition coefficient (Wildman–Crippen LogP) is 2.84. The summed E-state index contributed by atoms with van der Waals surface area (Å²) in [5.41, 5.74) is -0.389. The Balaban J connectivity index is 2.18. The maximum atomic E-state index is 11.7. The van der Waals surface area contributed by atoms with Gasteiger partial charge in [-0.15, -0.1) is 11.8 Å². The number of thioether (sulfide) groups is 1. The van der Waals surface area contributed by atoms with Gasteiger partial charge < -0.3 is 18.9 Å². The van der Waals surface area contributed by atoms with Crippen molar-refractivity contribution in [1.82, 2.24) is 0 Å². The summed E-state index contributed by atoms with van der Waals surface area (Å²) in [5.74, 6) is -1.56. The van der Waals surface area contributed by atoms with E-state index in [4.69, 9.17) is 18.9 Å². The molecular formula is C19H30O7S. The average Bonchev–Trinajstić information content (AvgIpc) is 2.59. The van der Waals surface area contributed by atoms with E-state index in [-0.39, 0.29) is 18.0 Å². The first kappa shape index (κ1) is 22.0. The van der Waals surface area contributed by atoms with Crippen LogP contribution in [-0.2, 0) is 33.3 Å². The predicted molar refractivity (Wildman–Crippen MR) is 100 cm³/mol. The molecule has 154 valence electrons. The molecule has 2 fully saturated rings. The van der Waals surface area contributed by atoms with Gasteiger partial charge in [0.05, 0.1) is 0 Å². The van der Waals surface area contributed by atoms with Crippen LogP contribution in [0.2, 0.25) is 0 Å². The van der Waals surface area contributed by atoms with E-state index in [0.717, 1.165) is 12.8 Å². The fourth-order valence-corrected chi connectivity index (χ4v) is 5.31. The number of carbonyl (C=O) groups excluding carboxylic acids is 3. The third-order valence-electron chi connectivity index (χ3n) is 4.91. The Kier molecular flexibility index (Phi) is 8.41. The standard InChI is InChI=1S/C19H30O7S/c1-11-17(24-13(3)21)16(10-23-12(2)20)26-19(18(11)25-14(4)22)27-15-8-6-5-7-9-15/h11,15-19H,5-10H2,1-4H3/t11?,16?,17-,18?,19-/m1/s1. The molecule has 5 atom stereocenters. The Labute approximate surface area is 164 Å². The summed E-state index contributed by atoms with van der Waals surface area (Å²) in [4.78, 5) is 34.5. The zero-order valence-electron chi connectivity index (χ0n) is 16.5. The lowest BCUT2D eigenvalue weighted by Gasteiger charge is -2.45. The van der Waals surface area contributed by atoms with E-state index in [9.17, 15) is 14.4 Å². The van der Waals surface area contributed by atoms with E-state index in [1.807, 2.05) is 6.92 Å². The van der Waals surface area contributed by atoms with Crippen molar-refractivity contribution in [1.29, 1.82) is 0 Å². The largest absolute Gasteiger partial charge is 0.463 e. The van der Waals surface area contributed by atoms with E-state index in [0.29, 0.717) is 5.25 Å². The van der Waals surface area contributed by atoms with Gasteiger partial charge in [0.15, 0.2) is 0 Å². The lowest BCUT2D eigenvalue weighted by Crippen LogP contribution is -2.56. The second-order valence-corrected chi connectivity index (χ2v) is 8.65. The molecule has 0 amide bonds. The molecule has 1 saturated heterocycles. The van der Waals surface area contributed by atoms with Crippen molar-refractivity contribution >= 4 is 29.7 Å². The van der Waals surface area contributed by atoms with Crippen molar-refractivity contribution in [2.24, 2.45) is 5.92 Å². The minimum absolute atomic E-state index is 0.00780. The fraction of sp³-hybridized carbons (Fsp3) is 0.842. The highest BCUT2D eigenvalue weighted by atomic mass is 32.2. The number of esters is 3. The minimum atomic E-state index is -0.658. The van der Waals surface area contributed by atoms with Crippen molar-refractivity contribution in [3.8, 4) is 0 Å². The summed E-state index contributed by atoms with van der Waals surface area (Å²) in [5, 5.41) is 0.439. The molecule has 0 aromatic rings. The summed E-state index contributed by atoms with van der Waals surface area (Å²) in [7, 11) is 0. The summed E-state index contributed by atoms with van der Waals surface area (Å²) >= 11 is 1.67. The van der Waals surface area contributed by atoms with Crippen LogP contribution < -0.4 is 0 Å². The molecular weight excluding hydrogens is 372 g/mol. The van der Waals surface area contributed by atoms with Crippen molar-refractivity contribution in [3.63, 3.8) is 0 Å². The Bertz CT molecular complexity index is 530. The highest BCUT2D eigenvalue weighted by Gasteiger charge is 2.48. The number of ether oxygens (including phenoxy) is 4. The van der Waals surface area contributed by atoms with Gasteiger partial charge in [-0.25, -0.2) is 0 Å². The van der Waals surface area contributed by atoms with Crippen LogP contribution >= 0.6 is 11.8 Å². The first-order chi connectivity index (χ1) is 12.8. The van der Waals surface area contributed by atoms with E-state index >= 15 is 0 Å². The normalized spacial score (nSPS) is 31.8. The van der Waals surface area contributed by atoms with Crippen molar-refractivity contribution in [2.45, 2.75) is 88.8 Å². The molecule has 1 aliphatic carbocycles. The zero-order valence-corrected chi connectivity index (χ0v) is 17.3. The lowest BCUT2D eigenvalue weighted by molar-refractivity contribution is -0.212. The van der Waals surface area contributed by atoms with Gasteiger partial charge >= 0.3 is 17.9 Å². The lowest BCUT2D eigenvalue weighted by atomic mass is 9.91. The molecule has 0 radical (unpaired) electrons. The van der Waals surface area contributed by atoms with E-state index in [1.165, 1.54) is 40.0 Å². The third kappa shape index (κ3) is 6.68. The number of rotatable bonds is 6. The van der Waals surface area contributed by atoms with Gasteiger partial charge in [0.25, 0.3) is 0 Å². The molecule has 0 aromatic heterocycles. The van der Waals surface area contributed by atoms with Crippen LogP contribution in [0.15, 0.2) is 0 Å². The molecule has 2 rings (SSSR count). The van der Waals surface area contributed by atoms with E-state index in [1.54, 1.807) is 11.8 Å². The molecule has 8 heteroatoms. The van der Waals surface area contributed by atoms with Crippen LogP contribution in [0.25, 0.3) is 0 Å². The molecule has 0 N–H and O–H groups in total. The maximum Gasteiger partial charge on any atom is 0.303 e. The van der Waals surface area contributed by atoms with Gasteiger partial charge in [0.2, 0.25) is 0 Å². The summed E-state index contributed by atoms with van der Waals surface area (Å²) in [6, 6.07) is 0. The Morgan fingerprint density at radius 3 is 2.07 bits per heavy atom. The maximum absolute atomic E-state index is 11.7. The topological polar surface area (TPSA) is 88.1 Å². The first-order valence-electron chi connectivity index (χ1n) is 9.56. The van der Waals surface area contributed by atoms with Gasteiger partial charge in [-0.1, -0.05) is 26.2 Å². The quantitative estimate of drug-likeness (QED) is 0.495. The van der Waals surface area contributed by atoms with Gasteiger partial charge in [-0.05, 0) is 12.8 Å². The summed E-state index contributed by atoms with van der Waals surface area (Å²) in [6.07, 6.45) is 4.04. The van der Waals surface area contributed by atoms with E-state index < -0.39 is 36.2 Å². The van der Waals surface area contributed by atoms with Crippen molar-refractivity contribution in [2.75, 3.05) is 6.61 Å². The number of carbonyl (C=O) groups is 3. The molecule has 0 spiro atoms. The molecule has 0 aromatic carbocycles. The molecule has 27 heavy (non-hydrogen) atoms. The Morgan fingerprint density at radius 2 is 1.52 bits per heavy atom. The molecule has 1 heterocycles. The Morgan fingerprint density at radius 1 is 0.926 bits per heavy atom. The van der Waals surface area contributed by atoms with Crippen molar-refractivity contribution < 1.29 is 33.3 Å². The molecule has 1 saturated carbocycles. The van der Waals surface area contributed by atoms with Crippen LogP contribution in [0.3, 0.4) is 0 Å². The monoisotopic (exact) mass is 402 g/mol. The van der Waals surface area contributed by atoms with E-state index in [2.05, 4.69) is 0 Å². The smallest absolute Gasteiger partial charge is 0.303 e. The van der Waals surface area contributed by atoms with Crippen LogP contribution in [-0.4, -0.2) is 53.5 Å². The molecule has 3 unspecified atom stereocenters. The van der Waals surface area contributed by atoms with Crippen LogP contribution in [0, 0.1) is 5.92 Å². The van der Waals surface area contributed by atoms with Gasteiger partial charge in [-0.3, -0.25) is 14.4 Å². The third-order valence-corrected chi connectivity index (χ3v) is 6.42. The van der Waals surface area contributed by atoms with Gasteiger partial charge in [0, 0.05) is 31.9 Å². The molecule has 7 nitrogen and oxygen atoms in total. The van der Waals surface area contributed by atoms with Crippen LogP contribution in [0.4, 0.5) is 0 Å². The zero-order chi connectivity index (χ0) is 20.0. The van der Waals surface area contributed by atoms with Gasteiger partial charge in [-0.2, -0.15) is 0 Å². The van der Waals surface area contributed by atoms with Crippen LogP contribution in [0.5, 0.6) is 0 Å². The number of hydrogen-bond donors (Lipinski definition) is 0. The average molecular weight is 403 g/mol. The second kappa shape index (κ2) is 10.3. The number of hydrogen-bond acceptors (Lipinski definition) is 8. The fourth-order valence-electron chi connectivity index (χ4n) is 3.66. The molecule has 0 bridgehead atoms. The highest BCUT2D eigenvalue weighted by molar-refractivity contribution is 8.00. The van der Waals surface area contributed by atoms with Gasteiger partial charge in [0.1, 0.15) is 30.4 Å². The van der Waals surface area contributed by atoms with Crippen LogP contribution in [0.1, 0.15) is 59.8 Å². The highest BCUT2D eigenvalue weighted by Crippen LogP contribution is 2.40. The first-order valence-corrected chi connectivity index (χ1v) is 10.5.